The first-order valence-corrected chi connectivity index (χ1v) is 11.3. The van der Waals surface area contributed by atoms with Crippen LogP contribution in [0.25, 0.3) is 0 Å². The zero-order chi connectivity index (χ0) is 19.9. The summed E-state index contributed by atoms with van der Waals surface area (Å²) in [6.45, 7) is 5.59. The number of rotatable bonds is 6. The number of nitrogens with zero attached hydrogens (tertiary/aromatic N) is 2. The van der Waals surface area contributed by atoms with Gasteiger partial charge in [0.15, 0.2) is 17.5 Å². The van der Waals surface area contributed by atoms with Crippen LogP contribution in [0.5, 0.6) is 11.5 Å². The van der Waals surface area contributed by atoms with Crippen molar-refractivity contribution in [3.63, 3.8) is 0 Å². The van der Waals surface area contributed by atoms with Crippen molar-refractivity contribution < 1.29 is 9.47 Å². The zero-order valence-corrected chi connectivity index (χ0v) is 17.8. The summed E-state index contributed by atoms with van der Waals surface area (Å²) in [6, 6.07) is 12.2. The van der Waals surface area contributed by atoms with Crippen molar-refractivity contribution >= 4 is 17.3 Å². The van der Waals surface area contributed by atoms with E-state index in [4.69, 9.17) is 9.47 Å². The number of benzene rings is 1. The smallest absolute Gasteiger partial charge is 0.191 e. The third-order valence-corrected chi connectivity index (χ3v) is 6.37. The van der Waals surface area contributed by atoms with Crippen molar-refractivity contribution in [1.82, 2.24) is 15.5 Å². The van der Waals surface area contributed by atoms with Crippen LogP contribution in [0.3, 0.4) is 0 Å². The molecule has 0 spiro atoms. The maximum atomic E-state index is 6.00. The van der Waals surface area contributed by atoms with Crippen molar-refractivity contribution in [3.8, 4) is 11.5 Å². The van der Waals surface area contributed by atoms with Gasteiger partial charge in [0.2, 0.25) is 0 Å². The summed E-state index contributed by atoms with van der Waals surface area (Å²) in [5.41, 5.74) is 0. The van der Waals surface area contributed by atoms with E-state index in [0.29, 0.717) is 19.1 Å². The number of piperidine rings is 1. The van der Waals surface area contributed by atoms with Gasteiger partial charge in [0.25, 0.3) is 0 Å². The van der Waals surface area contributed by atoms with Crippen LogP contribution in [0.4, 0.5) is 0 Å². The molecule has 2 aromatic rings. The molecular weight excluding hydrogens is 384 g/mol. The minimum atomic E-state index is -0.0241. The van der Waals surface area contributed by atoms with E-state index in [0.717, 1.165) is 30.5 Å². The number of nitrogens with one attached hydrogen (secondary N) is 2. The highest BCUT2D eigenvalue weighted by Crippen LogP contribution is 2.30. The van der Waals surface area contributed by atoms with Crippen LogP contribution in [-0.4, -0.2) is 56.8 Å². The number of aliphatic imine (C=N–C) groups is 1. The quantitative estimate of drug-likeness (QED) is 0.562. The van der Waals surface area contributed by atoms with E-state index in [1.54, 1.807) is 0 Å². The van der Waals surface area contributed by atoms with Gasteiger partial charge in [0.05, 0.1) is 6.54 Å². The Labute approximate surface area is 176 Å². The molecule has 0 amide bonds. The first-order valence-electron chi connectivity index (χ1n) is 10.4. The standard InChI is InChI=1S/C22H30N4O2S/c1-23-22(25-14-18-16-27-20-6-2-3-7-21(20)28-18)24-13-17-8-10-26(11-9-17)15-19-5-4-12-29-19/h2-7,12,17-18H,8-11,13-16H2,1H3,(H2,23,24,25). The first-order chi connectivity index (χ1) is 14.3. The topological polar surface area (TPSA) is 58.1 Å². The van der Waals surface area contributed by atoms with Crippen molar-refractivity contribution in [2.45, 2.75) is 25.5 Å². The van der Waals surface area contributed by atoms with Gasteiger partial charge in [0, 0.05) is 25.0 Å². The summed E-state index contributed by atoms with van der Waals surface area (Å²) in [6.07, 6.45) is 2.43. The minimum Gasteiger partial charge on any atom is -0.486 e. The van der Waals surface area contributed by atoms with Crippen LogP contribution in [0.2, 0.25) is 0 Å². The van der Waals surface area contributed by atoms with Crippen molar-refractivity contribution in [2.24, 2.45) is 10.9 Å². The molecule has 1 unspecified atom stereocenters. The molecule has 4 rings (SSSR count). The number of likely N-dealkylation sites (tertiary alicyclic amines) is 1. The van der Waals surface area contributed by atoms with Crippen LogP contribution in [0.15, 0.2) is 46.8 Å². The summed E-state index contributed by atoms with van der Waals surface area (Å²) in [5.74, 6) is 3.14. The summed E-state index contributed by atoms with van der Waals surface area (Å²) in [4.78, 5) is 8.38. The lowest BCUT2D eigenvalue weighted by Crippen LogP contribution is -2.47. The average Bonchev–Trinajstić information content (AvgIpc) is 3.28. The van der Waals surface area contributed by atoms with Gasteiger partial charge in [-0.25, -0.2) is 0 Å². The summed E-state index contributed by atoms with van der Waals surface area (Å²) in [7, 11) is 1.81. The molecular formula is C22H30N4O2S. The fourth-order valence-electron chi connectivity index (χ4n) is 3.81. The second-order valence-corrected chi connectivity index (χ2v) is 8.66. The predicted molar refractivity (Wildman–Crippen MR) is 118 cm³/mol. The van der Waals surface area contributed by atoms with E-state index < -0.39 is 0 Å². The molecule has 0 saturated carbocycles. The van der Waals surface area contributed by atoms with Crippen LogP contribution in [-0.2, 0) is 6.54 Å². The molecule has 0 radical (unpaired) electrons. The molecule has 3 heterocycles. The van der Waals surface area contributed by atoms with E-state index in [1.807, 2.05) is 42.6 Å². The van der Waals surface area contributed by atoms with Gasteiger partial charge < -0.3 is 20.1 Å². The Balaban J connectivity index is 1.15. The second-order valence-electron chi connectivity index (χ2n) is 7.63. The molecule has 2 aliphatic rings. The Kier molecular flexibility index (Phi) is 6.90. The largest absolute Gasteiger partial charge is 0.486 e. The van der Waals surface area contributed by atoms with E-state index in [-0.39, 0.29) is 6.10 Å². The lowest BCUT2D eigenvalue weighted by atomic mass is 9.97. The minimum absolute atomic E-state index is 0.0241. The Morgan fingerprint density at radius 3 is 2.66 bits per heavy atom. The fraction of sp³-hybridized carbons (Fsp3) is 0.500. The lowest BCUT2D eigenvalue weighted by molar-refractivity contribution is 0.0935. The van der Waals surface area contributed by atoms with Crippen LogP contribution >= 0.6 is 11.3 Å². The van der Waals surface area contributed by atoms with Gasteiger partial charge >= 0.3 is 0 Å². The van der Waals surface area contributed by atoms with Crippen molar-refractivity contribution in [1.29, 1.82) is 0 Å². The number of ether oxygens (including phenoxy) is 2. The highest BCUT2D eigenvalue weighted by Gasteiger charge is 2.22. The van der Waals surface area contributed by atoms with Crippen molar-refractivity contribution in [2.75, 3.05) is 39.8 Å². The maximum Gasteiger partial charge on any atom is 0.191 e. The van der Waals surface area contributed by atoms with Crippen LogP contribution < -0.4 is 20.1 Å². The summed E-state index contributed by atoms with van der Waals surface area (Å²) in [5, 5.41) is 9.02. The highest BCUT2D eigenvalue weighted by molar-refractivity contribution is 7.09. The van der Waals surface area contributed by atoms with E-state index in [2.05, 4.69) is 38.0 Å². The second kappa shape index (κ2) is 9.98. The van der Waals surface area contributed by atoms with Crippen LogP contribution in [0.1, 0.15) is 17.7 Å². The van der Waals surface area contributed by atoms with Gasteiger partial charge in [-0.1, -0.05) is 18.2 Å². The predicted octanol–water partition coefficient (Wildman–Crippen LogP) is 2.97. The third-order valence-electron chi connectivity index (χ3n) is 5.51. The molecule has 1 atom stereocenters. The highest BCUT2D eigenvalue weighted by atomic mass is 32.1. The number of fused-ring (bicyclic) bond motifs is 1. The molecule has 1 fully saturated rings. The molecule has 29 heavy (non-hydrogen) atoms. The van der Waals surface area contributed by atoms with E-state index in [9.17, 15) is 0 Å². The molecule has 0 bridgehead atoms. The molecule has 1 aromatic carbocycles. The molecule has 2 aliphatic heterocycles. The number of para-hydroxylation sites is 2. The summed E-state index contributed by atoms with van der Waals surface area (Å²) < 4.78 is 11.8. The zero-order valence-electron chi connectivity index (χ0n) is 17.0. The van der Waals surface area contributed by atoms with Gasteiger partial charge in [-0.3, -0.25) is 9.89 Å². The third kappa shape index (κ3) is 5.64. The monoisotopic (exact) mass is 414 g/mol. The lowest BCUT2D eigenvalue weighted by Gasteiger charge is -2.32. The van der Waals surface area contributed by atoms with Gasteiger partial charge in [-0.15, -0.1) is 11.3 Å². The Bertz CT molecular complexity index is 788. The number of thiophene rings is 1. The van der Waals surface area contributed by atoms with Crippen molar-refractivity contribution in [3.05, 3.63) is 46.7 Å². The van der Waals surface area contributed by atoms with E-state index in [1.165, 1.54) is 30.8 Å². The molecule has 2 N–H and O–H groups in total. The Morgan fingerprint density at radius 1 is 1.10 bits per heavy atom. The normalized spacial score (nSPS) is 20.4. The molecule has 156 valence electrons. The molecule has 0 aliphatic carbocycles. The molecule has 7 heteroatoms. The number of guanidine groups is 1. The van der Waals surface area contributed by atoms with Gasteiger partial charge in [-0.2, -0.15) is 0 Å². The van der Waals surface area contributed by atoms with Gasteiger partial charge in [-0.05, 0) is 55.4 Å². The number of hydrogen-bond donors (Lipinski definition) is 2. The SMILES string of the molecule is CN=C(NCC1CCN(Cc2cccs2)CC1)NCC1COc2ccccc2O1. The number of hydrogen-bond acceptors (Lipinski definition) is 5. The Hall–Kier alpha value is -2.25. The molecule has 6 nitrogen and oxygen atoms in total. The van der Waals surface area contributed by atoms with E-state index >= 15 is 0 Å². The average molecular weight is 415 g/mol. The van der Waals surface area contributed by atoms with Gasteiger partial charge in [0.1, 0.15) is 12.7 Å². The fourth-order valence-corrected chi connectivity index (χ4v) is 4.55. The van der Waals surface area contributed by atoms with Crippen LogP contribution in [0, 0.1) is 5.92 Å². The molecule has 1 saturated heterocycles. The maximum absolute atomic E-state index is 6.00. The summed E-state index contributed by atoms with van der Waals surface area (Å²) >= 11 is 1.85. The Morgan fingerprint density at radius 2 is 1.90 bits per heavy atom. The first kappa shape index (κ1) is 20.0. The molecule has 1 aromatic heterocycles.